The summed E-state index contributed by atoms with van der Waals surface area (Å²) in [6, 6.07) is 0. The first kappa shape index (κ1) is 90.1. The zero-order chi connectivity index (χ0) is 68.2. The van der Waals surface area contributed by atoms with E-state index in [-0.39, 0.29) is 25.7 Å². The van der Waals surface area contributed by atoms with E-state index < -0.39 is 97.5 Å². The van der Waals surface area contributed by atoms with Crippen LogP contribution in [0.2, 0.25) is 0 Å². The first-order valence-electron chi connectivity index (χ1n) is 37.7. The second kappa shape index (κ2) is 62.6. The summed E-state index contributed by atoms with van der Waals surface area (Å²) < 4.78 is 68.3. The number of carbonyl (C=O) groups excluding carboxylic acids is 4. The van der Waals surface area contributed by atoms with E-state index in [1.54, 1.807) is 0 Å². The highest BCUT2D eigenvalue weighted by atomic mass is 31.2. The van der Waals surface area contributed by atoms with Crippen LogP contribution in [0.3, 0.4) is 0 Å². The third-order valence-electron chi connectivity index (χ3n) is 16.8. The van der Waals surface area contributed by atoms with Crippen molar-refractivity contribution in [1.82, 2.24) is 0 Å². The van der Waals surface area contributed by atoms with Crippen LogP contribution in [0.4, 0.5) is 0 Å². The Labute approximate surface area is 562 Å². The molecule has 0 heterocycles. The summed E-state index contributed by atoms with van der Waals surface area (Å²) in [6.45, 7) is 14.0. The number of aliphatic hydroxyl groups excluding tert-OH is 1. The Morgan fingerprint density at radius 3 is 0.674 bits per heavy atom. The average Bonchev–Trinajstić information content (AvgIpc) is 2.27. The second-order valence-corrected chi connectivity index (χ2v) is 31.1. The molecule has 17 nitrogen and oxygen atoms in total. The van der Waals surface area contributed by atoms with Gasteiger partial charge in [-0.3, -0.25) is 37.3 Å². The summed E-state index contributed by atoms with van der Waals surface area (Å²) in [7, 11) is -9.90. The molecule has 0 rings (SSSR count). The van der Waals surface area contributed by atoms with E-state index >= 15 is 0 Å². The lowest BCUT2D eigenvalue weighted by molar-refractivity contribution is -0.161. The van der Waals surface area contributed by atoms with Crippen molar-refractivity contribution in [3.63, 3.8) is 0 Å². The number of hydrogen-bond acceptors (Lipinski definition) is 15. The minimum absolute atomic E-state index is 0.102. The Kier molecular flexibility index (Phi) is 61.3. The molecule has 3 unspecified atom stereocenters. The molecule has 0 aliphatic heterocycles. The SMILES string of the molecule is CC(C)CCCCCCCCCCCCCCCCCCC(=O)O[C@H](COC(=O)CCCCCCCCC(C)C)COP(=O)(O)OCC(O)COP(=O)(O)OC[C@@H](COC(=O)CCCCCCCCCCCCCCC(C)C)OC(=O)CCCCCCCCC(C)C. The minimum atomic E-state index is -4.95. The first-order valence-corrected chi connectivity index (χ1v) is 40.7. The molecular weight excluding hydrogens is 1210 g/mol. The largest absolute Gasteiger partial charge is 0.472 e. The van der Waals surface area contributed by atoms with Crippen LogP contribution in [0.25, 0.3) is 0 Å². The highest BCUT2D eigenvalue weighted by Crippen LogP contribution is 2.45. The van der Waals surface area contributed by atoms with Crippen molar-refractivity contribution < 1.29 is 80.2 Å². The predicted molar refractivity (Wildman–Crippen MR) is 372 cm³/mol. The van der Waals surface area contributed by atoms with Crippen LogP contribution >= 0.6 is 15.6 Å². The molecular formula is C73H142O17P2. The number of ether oxygens (including phenoxy) is 4. The number of aliphatic hydroxyl groups is 1. The maximum Gasteiger partial charge on any atom is 0.472 e. The first-order chi connectivity index (χ1) is 44.1. The summed E-state index contributed by atoms with van der Waals surface area (Å²) >= 11 is 0. The molecule has 19 heteroatoms. The molecule has 0 fully saturated rings. The molecule has 92 heavy (non-hydrogen) atoms. The van der Waals surface area contributed by atoms with Crippen molar-refractivity contribution in [3.8, 4) is 0 Å². The van der Waals surface area contributed by atoms with Gasteiger partial charge in [0.25, 0.3) is 0 Å². The van der Waals surface area contributed by atoms with Crippen LogP contribution in [-0.2, 0) is 65.4 Å². The third kappa shape index (κ3) is 66.7. The molecule has 0 aromatic rings. The topological polar surface area (TPSA) is 237 Å². The number of carbonyl (C=O) groups is 4. The van der Waals surface area contributed by atoms with Crippen LogP contribution in [0.1, 0.15) is 364 Å². The van der Waals surface area contributed by atoms with E-state index in [0.717, 1.165) is 108 Å². The molecule has 3 N–H and O–H groups in total. The molecule has 0 saturated carbocycles. The van der Waals surface area contributed by atoms with Crippen molar-refractivity contribution in [2.24, 2.45) is 23.7 Å². The second-order valence-electron chi connectivity index (χ2n) is 28.2. The number of rotatable bonds is 70. The van der Waals surface area contributed by atoms with Gasteiger partial charge in [0.15, 0.2) is 12.2 Å². The quantitative estimate of drug-likeness (QED) is 0.0222. The molecule has 0 aliphatic carbocycles. The van der Waals surface area contributed by atoms with Crippen molar-refractivity contribution in [2.45, 2.75) is 382 Å². The van der Waals surface area contributed by atoms with Crippen molar-refractivity contribution in [1.29, 1.82) is 0 Å². The van der Waals surface area contributed by atoms with Gasteiger partial charge >= 0.3 is 39.5 Å². The van der Waals surface area contributed by atoms with Gasteiger partial charge in [-0.15, -0.1) is 0 Å². The third-order valence-corrected chi connectivity index (χ3v) is 18.7. The Morgan fingerprint density at radius 2 is 0.457 bits per heavy atom. The summed E-state index contributed by atoms with van der Waals surface area (Å²) in [5.74, 6) is 0.808. The predicted octanol–water partition coefficient (Wildman–Crippen LogP) is 20.9. The molecule has 546 valence electrons. The van der Waals surface area contributed by atoms with Gasteiger partial charge in [-0.25, -0.2) is 9.13 Å². The van der Waals surface area contributed by atoms with Crippen LogP contribution < -0.4 is 0 Å². The van der Waals surface area contributed by atoms with E-state index in [0.29, 0.717) is 37.5 Å². The lowest BCUT2D eigenvalue weighted by atomic mass is 10.0. The molecule has 0 radical (unpaired) electrons. The van der Waals surface area contributed by atoms with Gasteiger partial charge < -0.3 is 33.8 Å². The molecule has 0 amide bonds. The lowest BCUT2D eigenvalue weighted by Crippen LogP contribution is -2.30. The molecule has 0 aromatic heterocycles. The molecule has 0 aliphatic rings. The van der Waals surface area contributed by atoms with Crippen molar-refractivity contribution >= 4 is 39.5 Å². The highest BCUT2D eigenvalue weighted by Gasteiger charge is 2.30. The van der Waals surface area contributed by atoms with Gasteiger partial charge in [-0.2, -0.15) is 0 Å². The van der Waals surface area contributed by atoms with Gasteiger partial charge in [0.05, 0.1) is 26.4 Å². The van der Waals surface area contributed by atoms with E-state index in [1.807, 2.05) is 0 Å². The van der Waals surface area contributed by atoms with Gasteiger partial charge in [0.1, 0.15) is 19.3 Å². The summed E-state index contributed by atoms with van der Waals surface area (Å²) in [5, 5.41) is 10.6. The lowest BCUT2D eigenvalue weighted by Gasteiger charge is -2.21. The van der Waals surface area contributed by atoms with Crippen LogP contribution in [-0.4, -0.2) is 96.7 Å². The fraction of sp³-hybridized carbons (Fsp3) is 0.945. The maximum absolute atomic E-state index is 13.0. The van der Waals surface area contributed by atoms with Crippen molar-refractivity contribution in [2.75, 3.05) is 39.6 Å². The van der Waals surface area contributed by atoms with Gasteiger partial charge in [0.2, 0.25) is 0 Å². The summed E-state index contributed by atoms with van der Waals surface area (Å²) in [4.78, 5) is 72.6. The van der Waals surface area contributed by atoms with E-state index in [1.165, 1.54) is 161 Å². The Bertz CT molecular complexity index is 1820. The Hall–Kier alpha value is -1.94. The molecule has 5 atom stereocenters. The molecule has 0 bridgehead atoms. The number of esters is 4. The number of phosphoric ester groups is 2. The minimum Gasteiger partial charge on any atom is -0.462 e. The molecule has 0 spiro atoms. The zero-order valence-corrected chi connectivity index (χ0v) is 62.0. The average molecular weight is 1350 g/mol. The number of hydrogen-bond donors (Lipinski definition) is 3. The summed E-state index contributed by atoms with van der Waals surface area (Å²) in [6.07, 6.45) is 46.2. The van der Waals surface area contributed by atoms with E-state index in [9.17, 15) is 43.2 Å². The van der Waals surface area contributed by atoms with Crippen LogP contribution in [0, 0.1) is 23.7 Å². The Balaban J connectivity index is 5.16. The summed E-state index contributed by atoms with van der Waals surface area (Å²) in [5.41, 5.74) is 0. The normalized spacial score (nSPS) is 14.2. The monoisotopic (exact) mass is 1350 g/mol. The van der Waals surface area contributed by atoms with E-state index in [4.69, 9.17) is 37.0 Å². The number of unbranched alkanes of at least 4 members (excludes halogenated alkanes) is 36. The maximum atomic E-state index is 13.0. The zero-order valence-electron chi connectivity index (χ0n) is 60.2. The fourth-order valence-electron chi connectivity index (χ4n) is 11.0. The standard InChI is InChI=1S/C73H142O17P2/c1-63(2)49-41-33-25-21-17-13-11-9-10-12-14-20-24-28-39-47-55-72(77)89-68(60-84-71(76)54-46-38-31-29-35-43-51-65(5)6)61-87-91(79,80)85-57-67(74)58-86-92(81,82)88-62-69(90-73(78)56-48-40-32-30-36-44-52-66(7)8)59-83-70(75)53-45-37-27-23-19-16-15-18-22-26-34-42-50-64(3)4/h63-69,74H,9-62H2,1-8H3,(H,79,80)(H,81,82)/t67?,68-,69-/m1/s1. The Morgan fingerprint density at radius 1 is 0.272 bits per heavy atom. The smallest absolute Gasteiger partial charge is 0.462 e. The van der Waals surface area contributed by atoms with Crippen LogP contribution in [0.5, 0.6) is 0 Å². The van der Waals surface area contributed by atoms with Crippen molar-refractivity contribution in [3.05, 3.63) is 0 Å². The number of phosphoric acid groups is 2. The molecule has 0 saturated heterocycles. The van der Waals surface area contributed by atoms with Crippen LogP contribution in [0.15, 0.2) is 0 Å². The van der Waals surface area contributed by atoms with Gasteiger partial charge in [0, 0.05) is 25.7 Å². The highest BCUT2D eigenvalue weighted by molar-refractivity contribution is 7.47. The fourth-order valence-corrected chi connectivity index (χ4v) is 12.6. The van der Waals surface area contributed by atoms with E-state index in [2.05, 4.69) is 55.4 Å². The van der Waals surface area contributed by atoms with Gasteiger partial charge in [-0.1, -0.05) is 312 Å². The van der Waals surface area contributed by atoms with Gasteiger partial charge in [-0.05, 0) is 49.4 Å². The molecule has 0 aromatic carbocycles.